The van der Waals surface area contributed by atoms with Crippen molar-refractivity contribution in [2.75, 3.05) is 5.84 Å². The van der Waals surface area contributed by atoms with Gasteiger partial charge in [0, 0.05) is 5.25 Å². The molecule has 0 amide bonds. The number of benzene rings is 1. The van der Waals surface area contributed by atoms with E-state index in [1.807, 2.05) is 6.92 Å². The van der Waals surface area contributed by atoms with Gasteiger partial charge in [-0.15, -0.1) is 10.2 Å². The molecule has 0 aliphatic carbocycles. The molecule has 90 valence electrons. The van der Waals surface area contributed by atoms with Crippen molar-refractivity contribution in [2.45, 2.75) is 31.2 Å². The molecule has 1 aromatic carbocycles. The number of aromatic nitrogens is 3. The predicted octanol–water partition coefficient (Wildman–Crippen LogP) is 2.46. The summed E-state index contributed by atoms with van der Waals surface area (Å²) < 4.78 is 1.52. The van der Waals surface area contributed by atoms with Gasteiger partial charge in [-0.25, -0.2) is 4.68 Å². The highest BCUT2D eigenvalue weighted by Crippen LogP contribution is 2.33. The zero-order valence-corrected chi connectivity index (χ0v) is 11.0. The first-order valence-corrected chi connectivity index (χ1v) is 6.36. The van der Waals surface area contributed by atoms with Crippen LogP contribution in [0.4, 0.5) is 0 Å². The topological polar surface area (TPSA) is 56.7 Å². The molecule has 0 aliphatic rings. The van der Waals surface area contributed by atoms with E-state index in [2.05, 4.69) is 48.3 Å². The number of hydrogen-bond donors (Lipinski definition) is 1. The molecular formula is C12H16N4S. The van der Waals surface area contributed by atoms with Crippen LogP contribution in [-0.4, -0.2) is 14.9 Å². The van der Waals surface area contributed by atoms with Gasteiger partial charge in [0.05, 0.1) is 0 Å². The lowest BCUT2D eigenvalue weighted by atomic mass is 10.1. The zero-order chi connectivity index (χ0) is 12.4. The minimum atomic E-state index is 0.306. The fourth-order valence-corrected chi connectivity index (χ4v) is 2.51. The molecule has 0 fully saturated rings. The van der Waals surface area contributed by atoms with Crippen molar-refractivity contribution in [3.63, 3.8) is 0 Å². The van der Waals surface area contributed by atoms with Gasteiger partial charge in [0.15, 0.2) is 0 Å². The van der Waals surface area contributed by atoms with Crippen LogP contribution in [-0.2, 0) is 0 Å². The van der Waals surface area contributed by atoms with E-state index in [1.165, 1.54) is 15.8 Å². The normalized spacial score (nSPS) is 12.6. The van der Waals surface area contributed by atoms with Crippen LogP contribution in [0, 0.1) is 13.8 Å². The fraction of sp³-hybridized carbons (Fsp3) is 0.333. The number of rotatable bonds is 3. The molecule has 2 rings (SSSR count). The van der Waals surface area contributed by atoms with Gasteiger partial charge in [-0.05, 0) is 26.3 Å². The molecule has 1 atom stereocenters. The van der Waals surface area contributed by atoms with Gasteiger partial charge in [-0.3, -0.25) is 0 Å². The molecule has 0 saturated heterocycles. The first kappa shape index (κ1) is 12.0. The van der Waals surface area contributed by atoms with E-state index in [9.17, 15) is 0 Å². The lowest BCUT2D eigenvalue weighted by Crippen LogP contribution is -2.11. The molecule has 0 aliphatic heterocycles. The van der Waals surface area contributed by atoms with Gasteiger partial charge in [0.1, 0.15) is 5.82 Å². The number of nitrogens with zero attached hydrogens (tertiary/aromatic N) is 3. The van der Waals surface area contributed by atoms with E-state index in [0.29, 0.717) is 5.25 Å². The number of nitrogens with two attached hydrogens (primary N) is 1. The van der Waals surface area contributed by atoms with Crippen LogP contribution in [0.1, 0.15) is 29.1 Å². The Balaban J connectivity index is 2.17. The highest BCUT2D eigenvalue weighted by Gasteiger charge is 2.13. The standard InChI is InChI=1S/C12H16N4S/c1-8-5-4-6-11(7-8)9(2)17-12-15-14-10(3)16(12)13/h4-7,9H,13H2,1-3H3/t9-/m1/s1. The third kappa shape index (κ3) is 2.61. The summed E-state index contributed by atoms with van der Waals surface area (Å²) >= 11 is 1.62. The van der Waals surface area contributed by atoms with Crippen molar-refractivity contribution in [1.82, 2.24) is 14.9 Å². The van der Waals surface area contributed by atoms with Gasteiger partial charge < -0.3 is 5.84 Å². The van der Waals surface area contributed by atoms with Crippen LogP contribution < -0.4 is 5.84 Å². The average molecular weight is 248 g/mol. The Morgan fingerprint density at radius 2 is 2.06 bits per heavy atom. The van der Waals surface area contributed by atoms with Gasteiger partial charge >= 0.3 is 0 Å². The quantitative estimate of drug-likeness (QED) is 0.669. The van der Waals surface area contributed by atoms with E-state index in [1.54, 1.807) is 11.8 Å². The maximum Gasteiger partial charge on any atom is 0.210 e. The van der Waals surface area contributed by atoms with E-state index in [0.717, 1.165) is 11.0 Å². The molecule has 0 bridgehead atoms. The highest BCUT2D eigenvalue weighted by molar-refractivity contribution is 7.99. The monoisotopic (exact) mass is 248 g/mol. The number of nitrogen functional groups attached to an aromatic ring is 1. The predicted molar refractivity (Wildman–Crippen MR) is 70.4 cm³/mol. The Hall–Kier alpha value is -1.49. The molecule has 2 N–H and O–H groups in total. The summed E-state index contributed by atoms with van der Waals surface area (Å²) in [5, 5.41) is 9.05. The molecule has 0 unspecified atom stereocenters. The minimum absolute atomic E-state index is 0.306. The van der Waals surface area contributed by atoms with Crippen LogP contribution in [0.3, 0.4) is 0 Å². The molecule has 4 nitrogen and oxygen atoms in total. The van der Waals surface area contributed by atoms with Crippen molar-refractivity contribution in [3.05, 3.63) is 41.2 Å². The van der Waals surface area contributed by atoms with E-state index in [-0.39, 0.29) is 0 Å². The fourth-order valence-electron chi connectivity index (χ4n) is 1.58. The lowest BCUT2D eigenvalue weighted by Gasteiger charge is -2.11. The smallest absolute Gasteiger partial charge is 0.210 e. The summed E-state index contributed by atoms with van der Waals surface area (Å²) in [6, 6.07) is 8.47. The minimum Gasteiger partial charge on any atom is -0.336 e. The van der Waals surface area contributed by atoms with Gasteiger partial charge in [0.2, 0.25) is 5.16 Å². The van der Waals surface area contributed by atoms with Crippen molar-refractivity contribution < 1.29 is 0 Å². The second kappa shape index (κ2) is 4.79. The second-order valence-corrected chi connectivity index (χ2v) is 5.38. The van der Waals surface area contributed by atoms with Crippen molar-refractivity contribution in [1.29, 1.82) is 0 Å². The van der Waals surface area contributed by atoms with Gasteiger partial charge in [0.25, 0.3) is 0 Å². The Labute approximate surface area is 105 Å². The zero-order valence-electron chi connectivity index (χ0n) is 10.2. The average Bonchev–Trinajstić information content (AvgIpc) is 2.61. The summed E-state index contributed by atoms with van der Waals surface area (Å²) in [6.45, 7) is 6.08. The summed E-state index contributed by atoms with van der Waals surface area (Å²) in [5.41, 5.74) is 2.54. The van der Waals surface area contributed by atoms with Gasteiger partial charge in [-0.1, -0.05) is 41.6 Å². The van der Waals surface area contributed by atoms with Crippen LogP contribution in [0.2, 0.25) is 0 Å². The van der Waals surface area contributed by atoms with Gasteiger partial charge in [-0.2, -0.15) is 0 Å². The second-order valence-electron chi connectivity index (χ2n) is 4.07. The van der Waals surface area contributed by atoms with Crippen LogP contribution in [0.5, 0.6) is 0 Å². The Morgan fingerprint density at radius 3 is 2.65 bits per heavy atom. The summed E-state index contributed by atoms with van der Waals surface area (Å²) in [7, 11) is 0. The largest absolute Gasteiger partial charge is 0.336 e. The highest BCUT2D eigenvalue weighted by atomic mass is 32.2. The molecule has 5 heteroatoms. The first-order chi connectivity index (χ1) is 8.08. The number of aryl methyl sites for hydroxylation is 2. The summed E-state index contributed by atoms with van der Waals surface area (Å²) in [5.74, 6) is 6.56. The van der Waals surface area contributed by atoms with E-state index >= 15 is 0 Å². The first-order valence-electron chi connectivity index (χ1n) is 5.48. The lowest BCUT2D eigenvalue weighted by molar-refractivity contribution is 0.821. The van der Waals surface area contributed by atoms with Crippen LogP contribution >= 0.6 is 11.8 Å². The Morgan fingerprint density at radius 1 is 1.29 bits per heavy atom. The molecule has 1 aromatic heterocycles. The molecule has 0 saturated carbocycles. The molecule has 17 heavy (non-hydrogen) atoms. The maximum atomic E-state index is 5.83. The number of hydrogen-bond acceptors (Lipinski definition) is 4. The summed E-state index contributed by atoms with van der Waals surface area (Å²) in [6.07, 6.45) is 0. The Bertz CT molecular complexity index is 521. The Kier molecular flexibility index (Phi) is 3.38. The molecule has 0 spiro atoms. The van der Waals surface area contributed by atoms with Crippen LogP contribution in [0.15, 0.2) is 29.4 Å². The van der Waals surface area contributed by atoms with Crippen molar-refractivity contribution in [2.24, 2.45) is 0 Å². The third-order valence-electron chi connectivity index (χ3n) is 2.63. The molecule has 2 aromatic rings. The van der Waals surface area contributed by atoms with E-state index < -0.39 is 0 Å². The molecule has 0 radical (unpaired) electrons. The SMILES string of the molecule is Cc1cccc([C@@H](C)Sc2nnc(C)n2N)c1. The molecular weight excluding hydrogens is 232 g/mol. The van der Waals surface area contributed by atoms with Crippen molar-refractivity contribution in [3.8, 4) is 0 Å². The van der Waals surface area contributed by atoms with E-state index in [4.69, 9.17) is 5.84 Å². The maximum absolute atomic E-state index is 5.83. The van der Waals surface area contributed by atoms with Crippen LogP contribution in [0.25, 0.3) is 0 Å². The summed E-state index contributed by atoms with van der Waals surface area (Å²) in [4.78, 5) is 0. The third-order valence-corrected chi connectivity index (χ3v) is 3.74. The van der Waals surface area contributed by atoms with Crippen molar-refractivity contribution >= 4 is 11.8 Å². The number of thioether (sulfide) groups is 1. The molecule has 1 heterocycles.